The van der Waals surface area contributed by atoms with Gasteiger partial charge in [-0.2, -0.15) is 0 Å². The molecule has 0 spiro atoms. The Morgan fingerprint density at radius 2 is 2.16 bits per heavy atom. The molecule has 1 aliphatic heterocycles. The molecule has 0 atom stereocenters. The van der Waals surface area contributed by atoms with Crippen molar-refractivity contribution < 1.29 is 4.42 Å². The molecule has 25 heavy (non-hydrogen) atoms. The van der Waals surface area contributed by atoms with Gasteiger partial charge in [0.1, 0.15) is 5.76 Å². The minimum atomic E-state index is 0.0746. The topological polar surface area (TPSA) is 55.3 Å². The second kappa shape index (κ2) is 6.75. The molecule has 0 unspecified atom stereocenters. The van der Waals surface area contributed by atoms with E-state index >= 15 is 0 Å². The molecule has 2 aliphatic rings. The highest BCUT2D eigenvalue weighted by Crippen LogP contribution is 2.41. The number of halogens is 1. The first-order chi connectivity index (χ1) is 12.1. The van der Waals surface area contributed by atoms with E-state index < -0.39 is 0 Å². The third-order valence-corrected chi connectivity index (χ3v) is 6.36. The number of hydrogen-bond donors (Lipinski definition) is 1. The molecule has 1 fully saturated rings. The highest BCUT2D eigenvalue weighted by Gasteiger charge is 2.38. The van der Waals surface area contributed by atoms with Crippen molar-refractivity contribution in [3.63, 3.8) is 0 Å². The van der Waals surface area contributed by atoms with Crippen LogP contribution in [-0.2, 0) is 18.4 Å². The summed E-state index contributed by atoms with van der Waals surface area (Å²) in [5, 5.41) is 0.802. The maximum absolute atomic E-state index is 6.23. The Balaban J connectivity index is 1.46. The van der Waals surface area contributed by atoms with Gasteiger partial charge < -0.3 is 10.2 Å². The fourth-order valence-electron chi connectivity index (χ4n) is 4.61. The molecule has 4 nitrogen and oxygen atoms in total. The number of benzene rings is 1. The zero-order valence-corrected chi connectivity index (χ0v) is 15.6. The molecule has 2 N–H and O–H groups in total. The summed E-state index contributed by atoms with van der Waals surface area (Å²) in [6.45, 7) is 4.60. The third-order valence-electron chi connectivity index (χ3n) is 6.12. The largest absolute Gasteiger partial charge is 0.444 e. The number of rotatable bonds is 3. The Kier molecular flexibility index (Phi) is 4.61. The Hall–Kier alpha value is -1.36. The summed E-state index contributed by atoms with van der Waals surface area (Å²) in [6.07, 6.45) is 5.58. The molecular formula is C20H26ClN3O. The van der Waals surface area contributed by atoms with E-state index in [9.17, 15) is 0 Å². The molecule has 1 aliphatic carbocycles. The van der Waals surface area contributed by atoms with Crippen LogP contribution in [0, 0.1) is 6.92 Å². The van der Waals surface area contributed by atoms with E-state index in [1.165, 1.54) is 18.4 Å². The van der Waals surface area contributed by atoms with Gasteiger partial charge in [0.25, 0.3) is 0 Å². The molecule has 0 amide bonds. The molecular weight excluding hydrogens is 334 g/mol. The predicted octanol–water partition coefficient (Wildman–Crippen LogP) is 3.83. The van der Waals surface area contributed by atoms with Gasteiger partial charge in [0.15, 0.2) is 5.89 Å². The van der Waals surface area contributed by atoms with Crippen LogP contribution in [0.2, 0.25) is 5.02 Å². The molecule has 2 aromatic rings. The number of fused-ring (bicyclic) bond motifs is 1. The summed E-state index contributed by atoms with van der Waals surface area (Å²) in [5.41, 5.74) is 8.76. The number of nitrogens with zero attached hydrogens (tertiary/aromatic N) is 2. The van der Waals surface area contributed by atoms with Gasteiger partial charge in [-0.05, 0) is 43.4 Å². The van der Waals surface area contributed by atoms with Gasteiger partial charge in [0.05, 0.1) is 12.2 Å². The van der Waals surface area contributed by atoms with Gasteiger partial charge in [-0.15, -0.1) is 0 Å². The van der Waals surface area contributed by atoms with Crippen molar-refractivity contribution in [2.24, 2.45) is 5.73 Å². The lowest BCUT2D eigenvalue weighted by molar-refractivity contribution is 0.104. The fourth-order valence-corrected chi connectivity index (χ4v) is 4.80. The summed E-state index contributed by atoms with van der Waals surface area (Å²) in [7, 11) is 0. The van der Waals surface area contributed by atoms with Crippen molar-refractivity contribution in [2.45, 2.75) is 57.0 Å². The van der Waals surface area contributed by atoms with Crippen molar-refractivity contribution in [2.75, 3.05) is 13.1 Å². The average Bonchev–Trinajstić information content (AvgIpc) is 3.01. The summed E-state index contributed by atoms with van der Waals surface area (Å²) < 4.78 is 5.78. The van der Waals surface area contributed by atoms with Crippen molar-refractivity contribution in [1.82, 2.24) is 9.88 Å². The standard InChI is InChI=1S/C20H26ClN3O/c1-14-23-18-7-10-24(12-19(18)25-14)17-5-8-20(13-22,9-6-17)15-3-2-4-16(21)11-15/h2-4,11,17H,5-10,12-13,22H2,1H3/t17-,20-. The first kappa shape index (κ1) is 17.1. The van der Waals surface area contributed by atoms with E-state index in [2.05, 4.69) is 22.0 Å². The first-order valence-corrected chi connectivity index (χ1v) is 9.63. The SMILES string of the molecule is Cc1nc2c(o1)CN([C@H]1CC[C@](CN)(c3cccc(Cl)c3)CC1)CC2. The summed E-state index contributed by atoms with van der Waals surface area (Å²) >= 11 is 6.22. The van der Waals surface area contributed by atoms with Crippen LogP contribution < -0.4 is 5.73 Å². The van der Waals surface area contributed by atoms with E-state index in [1.807, 2.05) is 19.1 Å². The van der Waals surface area contributed by atoms with E-state index in [-0.39, 0.29) is 5.41 Å². The average molecular weight is 360 g/mol. The lowest BCUT2D eigenvalue weighted by Gasteiger charge is -2.44. The van der Waals surface area contributed by atoms with Crippen molar-refractivity contribution in [3.05, 3.63) is 52.2 Å². The highest BCUT2D eigenvalue weighted by atomic mass is 35.5. The van der Waals surface area contributed by atoms with E-state index in [0.717, 1.165) is 54.7 Å². The lowest BCUT2D eigenvalue weighted by atomic mass is 9.68. The van der Waals surface area contributed by atoms with Gasteiger partial charge in [-0.3, -0.25) is 4.90 Å². The van der Waals surface area contributed by atoms with Gasteiger partial charge >= 0.3 is 0 Å². The van der Waals surface area contributed by atoms with Crippen LogP contribution in [0.25, 0.3) is 0 Å². The molecule has 2 heterocycles. The van der Waals surface area contributed by atoms with Gasteiger partial charge in [0, 0.05) is 42.9 Å². The maximum Gasteiger partial charge on any atom is 0.191 e. The summed E-state index contributed by atoms with van der Waals surface area (Å²) in [5.74, 6) is 1.85. The van der Waals surface area contributed by atoms with E-state index in [0.29, 0.717) is 12.6 Å². The minimum absolute atomic E-state index is 0.0746. The number of hydrogen-bond acceptors (Lipinski definition) is 4. The van der Waals surface area contributed by atoms with Gasteiger partial charge in [0.2, 0.25) is 0 Å². The van der Waals surface area contributed by atoms with E-state index in [1.54, 1.807) is 0 Å². The second-order valence-corrected chi connectivity index (χ2v) is 7.99. The first-order valence-electron chi connectivity index (χ1n) is 9.25. The zero-order chi connectivity index (χ0) is 17.4. The highest BCUT2D eigenvalue weighted by molar-refractivity contribution is 6.30. The molecule has 0 bridgehead atoms. The maximum atomic E-state index is 6.23. The fraction of sp³-hybridized carbons (Fsp3) is 0.550. The van der Waals surface area contributed by atoms with Crippen LogP contribution in [0.4, 0.5) is 0 Å². The number of nitrogens with two attached hydrogens (primary N) is 1. The Morgan fingerprint density at radius 3 is 2.88 bits per heavy atom. The van der Waals surface area contributed by atoms with Gasteiger partial charge in [-0.25, -0.2) is 4.98 Å². The summed E-state index contributed by atoms with van der Waals surface area (Å²) in [4.78, 5) is 7.07. The molecule has 1 saturated carbocycles. The van der Waals surface area contributed by atoms with Crippen LogP contribution in [0.15, 0.2) is 28.7 Å². The molecule has 5 heteroatoms. The smallest absolute Gasteiger partial charge is 0.191 e. The lowest BCUT2D eigenvalue weighted by Crippen LogP contribution is -2.46. The Morgan fingerprint density at radius 1 is 1.36 bits per heavy atom. The van der Waals surface area contributed by atoms with Crippen LogP contribution in [0.3, 0.4) is 0 Å². The quantitative estimate of drug-likeness (QED) is 0.904. The predicted molar refractivity (Wildman–Crippen MR) is 99.8 cm³/mol. The molecule has 1 aromatic carbocycles. The normalized spacial score (nSPS) is 27.2. The monoisotopic (exact) mass is 359 g/mol. The third kappa shape index (κ3) is 3.23. The number of aryl methyl sites for hydroxylation is 1. The van der Waals surface area contributed by atoms with Crippen LogP contribution in [0.5, 0.6) is 0 Å². The summed E-state index contributed by atoms with van der Waals surface area (Å²) in [6, 6.07) is 8.87. The van der Waals surface area contributed by atoms with Crippen molar-refractivity contribution >= 4 is 11.6 Å². The second-order valence-electron chi connectivity index (χ2n) is 7.55. The number of aromatic nitrogens is 1. The van der Waals surface area contributed by atoms with Crippen molar-refractivity contribution in [3.8, 4) is 0 Å². The Bertz CT molecular complexity index is 749. The number of oxazole rings is 1. The van der Waals surface area contributed by atoms with Gasteiger partial charge in [-0.1, -0.05) is 23.7 Å². The molecule has 134 valence electrons. The van der Waals surface area contributed by atoms with Crippen LogP contribution >= 0.6 is 11.6 Å². The Labute approximate surface area is 154 Å². The molecule has 1 aromatic heterocycles. The minimum Gasteiger partial charge on any atom is -0.444 e. The van der Waals surface area contributed by atoms with E-state index in [4.69, 9.17) is 21.8 Å². The molecule has 4 rings (SSSR count). The molecule has 0 radical (unpaired) electrons. The molecule has 0 saturated heterocycles. The van der Waals surface area contributed by atoms with Crippen LogP contribution in [0.1, 0.15) is 48.6 Å². The van der Waals surface area contributed by atoms with Crippen molar-refractivity contribution in [1.29, 1.82) is 0 Å². The van der Waals surface area contributed by atoms with Crippen LogP contribution in [-0.4, -0.2) is 29.0 Å². The zero-order valence-electron chi connectivity index (χ0n) is 14.8.